The van der Waals surface area contributed by atoms with Crippen LogP contribution in [0.15, 0.2) is 12.3 Å². The summed E-state index contributed by atoms with van der Waals surface area (Å²) in [4.78, 5) is 17.0. The minimum Gasteiger partial charge on any atom is -0.478 e. The fourth-order valence-corrected chi connectivity index (χ4v) is 1.81. The second-order valence-corrected chi connectivity index (χ2v) is 4.97. The zero-order valence-corrected chi connectivity index (χ0v) is 11.3. The Morgan fingerprint density at radius 3 is 2.56 bits per heavy atom. The highest BCUT2D eigenvalue weighted by molar-refractivity contribution is 5.94. The van der Waals surface area contributed by atoms with Crippen LogP contribution in [0.3, 0.4) is 0 Å². The van der Waals surface area contributed by atoms with Crippen molar-refractivity contribution < 1.29 is 15.0 Å². The van der Waals surface area contributed by atoms with Crippen molar-refractivity contribution in [3.63, 3.8) is 0 Å². The Morgan fingerprint density at radius 2 is 2.11 bits per heavy atom. The lowest BCUT2D eigenvalue weighted by molar-refractivity contribution is 0.0693. The third-order valence-electron chi connectivity index (χ3n) is 2.55. The minimum atomic E-state index is -1.01. The third kappa shape index (κ3) is 3.70. The van der Waals surface area contributed by atoms with Crippen molar-refractivity contribution in [2.45, 2.75) is 33.3 Å². The Morgan fingerprint density at radius 1 is 1.50 bits per heavy atom. The van der Waals surface area contributed by atoms with E-state index in [9.17, 15) is 15.0 Å². The molecule has 2 N–H and O–H groups in total. The summed E-state index contributed by atoms with van der Waals surface area (Å²) in [5.41, 5.74) is 0.624. The number of carbonyl (C=O) groups is 1. The monoisotopic (exact) mass is 252 g/mol. The molecule has 0 saturated heterocycles. The summed E-state index contributed by atoms with van der Waals surface area (Å²) < 4.78 is 0. The molecule has 1 aromatic rings. The summed E-state index contributed by atoms with van der Waals surface area (Å²) in [7, 11) is 0. The molecular weight excluding hydrogens is 232 g/mol. The molecule has 18 heavy (non-hydrogen) atoms. The van der Waals surface area contributed by atoms with E-state index in [0.29, 0.717) is 18.8 Å². The third-order valence-corrected chi connectivity index (χ3v) is 2.55. The van der Waals surface area contributed by atoms with Gasteiger partial charge in [-0.15, -0.1) is 0 Å². The molecule has 0 aliphatic rings. The Labute approximate surface area is 107 Å². The molecule has 0 amide bonds. The van der Waals surface area contributed by atoms with E-state index in [2.05, 4.69) is 4.98 Å². The molecule has 0 aromatic carbocycles. The average molecular weight is 252 g/mol. The number of rotatable bonds is 5. The van der Waals surface area contributed by atoms with Crippen LogP contribution in [0.4, 0.5) is 5.69 Å². The number of nitrogens with zero attached hydrogens (tertiary/aromatic N) is 2. The number of aliphatic hydroxyl groups is 1. The molecule has 5 nitrogen and oxygen atoms in total. The lowest BCUT2D eigenvalue weighted by Crippen LogP contribution is -2.39. The van der Waals surface area contributed by atoms with Gasteiger partial charge in [-0.25, -0.2) is 4.79 Å². The van der Waals surface area contributed by atoms with Crippen LogP contribution < -0.4 is 4.90 Å². The number of aryl methyl sites for hydroxylation is 1. The van der Waals surface area contributed by atoms with Crippen LogP contribution in [0, 0.1) is 6.92 Å². The molecular formula is C13H20N2O3. The highest BCUT2D eigenvalue weighted by Gasteiger charge is 2.22. The van der Waals surface area contributed by atoms with Gasteiger partial charge in [0.15, 0.2) is 0 Å². The number of carboxylic acids is 1. The van der Waals surface area contributed by atoms with E-state index in [1.807, 2.05) is 18.7 Å². The van der Waals surface area contributed by atoms with E-state index in [0.717, 1.165) is 5.69 Å². The largest absolute Gasteiger partial charge is 0.478 e. The summed E-state index contributed by atoms with van der Waals surface area (Å²) in [5.74, 6) is -1.01. The van der Waals surface area contributed by atoms with E-state index in [4.69, 9.17) is 0 Å². The second-order valence-electron chi connectivity index (χ2n) is 4.97. The number of aromatic carboxylic acids is 1. The Balaban J connectivity index is 3.19. The number of carboxylic acid groups (broad SMARTS) is 1. The fourth-order valence-electron chi connectivity index (χ4n) is 1.81. The molecule has 1 aromatic heterocycles. The Kier molecular flexibility index (Phi) is 4.29. The summed E-state index contributed by atoms with van der Waals surface area (Å²) >= 11 is 0. The minimum absolute atomic E-state index is 0.159. The van der Waals surface area contributed by atoms with Gasteiger partial charge in [-0.3, -0.25) is 4.98 Å². The Hall–Kier alpha value is -1.62. The molecule has 0 radical (unpaired) electrons. The van der Waals surface area contributed by atoms with Gasteiger partial charge in [0.2, 0.25) is 0 Å². The number of hydrogen-bond acceptors (Lipinski definition) is 4. The van der Waals surface area contributed by atoms with Crippen LogP contribution in [0.5, 0.6) is 0 Å². The topological polar surface area (TPSA) is 73.7 Å². The molecule has 0 saturated carbocycles. The van der Waals surface area contributed by atoms with Gasteiger partial charge >= 0.3 is 5.97 Å². The van der Waals surface area contributed by atoms with Gasteiger partial charge in [0, 0.05) is 25.0 Å². The number of anilines is 1. The summed E-state index contributed by atoms with van der Waals surface area (Å²) in [5, 5.41) is 19.0. The van der Waals surface area contributed by atoms with E-state index < -0.39 is 11.6 Å². The smallest absolute Gasteiger partial charge is 0.339 e. The van der Waals surface area contributed by atoms with E-state index in [1.54, 1.807) is 19.9 Å². The standard InChI is InChI=1S/C13H20N2O3/c1-5-15(8-13(3,4)18)11-6-9(2)14-7-10(11)12(16)17/h6-7,18H,5,8H2,1-4H3,(H,16,17). The molecule has 0 aliphatic heterocycles. The zero-order valence-electron chi connectivity index (χ0n) is 11.3. The van der Waals surface area contributed by atoms with Crippen molar-refractivity contribution >= 4 is 11.7 Å². The van der Waals surface area contributed by atoms with Gasteiger partial charge in [-0.1, -0.05) is 0 Å². The van der Waals surface area contributed by atoms with Gasteiger partial charge in [0.25, 0.3) is 0 Å². The van der Waals surface area contributed by atoms with Crippen molar-refractivity contribution in [3.8, 4) is 0 Å². The van der Waals surface area contributed by atoms with Crippen LogP contribution in [-0.4, -0.2) is 39.9 Å². The van der Waals surface area contributed by atoms with Gasteiger partial charge in [0.1, 0.15) is 5.56 Å². The van der Waals surface area contributed by atoms with Gasteiger partial charge in [-0.05, 0) is 33.8 Å². The maximum atomic E-state index is 11.2. The first-order chi connectivity index (χ1) is 8.24. The fraction of sp³-hybridized carbons (Fsp3) is 0.538. The lowest BCUT2D eigenvalue weighted by atomic mass is 10.1. The first-order valence-corrected chi connectivity index (χ1v) is 5.92. The predicted molar refractivity (Wildman–Crippen MR) is 70.1 cm³/mol. The van der Waals surface area contributed by atoms with Gasteiger partial charge < -0.3 is 15.1 Å². The first kappa shape index (κ1) is 14.4. The molecule has 1 rings (SSSR count). The number of aromatic nitrogens is 1. The van der Waals surface area contributed by atoms with Crippen molar-refractivity contribution in [3.05, 3.63) is 23.5 Å². The van der Waals surface area contributed by atoms with Crippen LogP contribution in [-0.2, 0) is 0 Å². The molecule has 0 spiro atoms. The van der Waals surface area contributed by atoms with Crippen LogP contribution >= 0.6 is 0 Å². The van der Waals surface area contributed by atoms with Crippen LogP contribution in [0.1, 0.15) is 36.8 Å². The average Bonchev–Trinajstić information content (AvgIpc) is 2.24. The molecule has 0 atom stereocenters. The highest BCUT2D eigenvalue weighted by Crippen LogP contribution is 2.22. The SMILES string of the molecule is CCN(CC(C)(C)O)c1cc(C)ncc1C(=O)O. The highest BCUT2D eigenvalue weighted by atomic mass is 16.4. The molecule has 1 heterocycles. The van der Waals surface area contributed by atoms with Crippen molar-refractivity contribution in [1.29, 1.82) is 0 Å². The lowest BCUT2D eigenvalue weighted by Gasteiger charge is -2.30. The van der Waals surface area contributed by atoms with Crippen LogP contribution in [0.25, 0.3) is 0 Å². The van der Waals surface area contributed by atoms with Crippen LogP contribution in [0.2, 0.25) is 0 Å². The zero-order chi connectivity index (χ0) is 13.9. The van der Waals surface area contributed by atoms with Gasteiger partial charge in [0.05, 0.1) is 11.3 Å². The van der Waals surface area contributed by atoms with Gasteiger partial charge in [-0.2, -0.15) is 0 Å². The number of likely N-dealkylation sites (N-methyl/N-ethyl adjacent to an activating group) is 1. The van der Waals surface area contributed by atoms with Crippen molar-refractivity contribution in [2.24, 2.45) is 0 Å². The van der Waals surface area contributed by atoms with Crippen molar-refractivity contribution in [1.82, 2.24) is 4.98 Å². The molecule has 0 bridgehead atoms. The summed E-state index contributed by atoms with van der Waals surface area (Å²) in [6, 6.07) is 1.73. The molecule has 5 heteroatoms. The first-order valence-electron chi connectivity index (χ1n) is 5.92. The van der Waals surface area contributed by atoms with E-state index in [-0.39, 0.29) is 5.56 Å². The normalized spacial score (nSPS) is 11.4. The molecule has 0 fully saturated rings. The molecule has 100 valence electrons. The predicted octanol–water partition coefficient (Wildman–Crippen LogP) is 1.69. The van der Waals surface area contributed by atoms with E-state index in [1.165, 1.54) is 6.20 Å². The summed E-state index contributed by atoms with van der Waals surface area (Å²) in [6.07, 6.45) is 1.36. The molecule has 0 unspecified atom stereocenters. The second kappa shape index (κ2) is 5.35. The van der Waals surface area contributed by atoms with E-state index >= 15 is 0 Å². The van der Waals surface area contributed by atoms with Crippen molar-refractivity contribution in [2.75, 3.05) is 18.0 Å². The number of pyridine rings is 1. The summed E-state index contributed by atoms with van der Waals surface area (Å²) in [6.45, 7) is 8.12. The maximum absolute atomic E-state index is 11.2. The quantitative estimate of drug-likeness (QED) is 0.834. The Bertz CT molecular complexity index is 438. The number of hydrogen-bond donors (Lipinski definition) is 2. The molecule has 0 aliphatic carbocycles. The maximum Gasteiger partial charge on any atom is 0.339 e.